The molecular formula is C20H21NO2. The highest BCUT2D eigenvalue weighted by Gasteiger charge is 2.45. The predicted molar refractivity (Wildman–Crippen MR) is 89.8 cm³/mol. The van der Waals surface area contributed by atoms with Crippen molar-refractivity contribution < 1.29 is 9.47 Å². The molecule has 0 spiro atoms. The Morgan fingerprint density at radius 3 is 2.22 bits per heavy atom. The first-order valence-electron chi connectivity index (χ1n) is 7.76. The molecule has 3 nitrogen and oxygen atoms in total. The van der Waals surface area contributed by atoms with E-state index in [4.69, 9.17) is 14.7 Å². The standard InChI is InChI=1S/C20H21NO2/c1-19(2)12-20(3,14-5-7-15(22-4)8-6-14)18-11-16(23-13-21)9-10-17(18)19/h5-11H,12H2,1-4H3. The molecule has 0 amide bonds. The van der Waals surface area contributed by atoms with Crippen molar-refractivity contribution >= 4 is 0 Å². The Labute approximate surface area is 137 Å². The molecule has 1 atom stereocenters. The average molecular weight is 307 g/mol. The number of hydrogen-bond acceptors (Lipinski definition) is 3. The highest BCUT2D eigenvalue weighted by Crippen LogP contribution is 2.53. The van der Waals surface area contributed by atoms with E-state index in [0.29, 0.717) is 5.75 Å². The molecule has 3 heteroatoms. The molecule has 0 saturated carbocycles. The Morgan fingerprint density at radius 1 is 0.957 bits per heavy atom. The number of ether oxygens (including phenoxy) is 2. The molecular weight excluding hydrogens is 286 g/mol. The molecule has 0 aliphatic heterocycles. The SMILES string of the molecule is COc1ccc(C2(C)CC(C)(C)c3ccc(OC#N)cc32)cc1. The second kappa shape index (κ2) is 5.31. The second-order valence-electron chi connectivity index (χ2n) is 7.02. The third kappa shape index (κ3) is 2.45. The van der Waals surface area contributed by atoms with E-state index in [2.05, 4.69) is 39.0 Å². The van der Waals surface area contributed by atoms with Crippen LogP contribution in [0.4, 0.5) is 0 Å². The number of nitrogens with zero attached hydrogens (tertiary/aromatic N) is 1. The Balaban J connectivity index is 2.14. The van der Waals surface area contributed by atoms with E-state index in [1.54, 1.807) is 13.4 Å². The average Bonchev–Trinajstić information content (AvgIpc) is 2.75. The van der Waals surface area contributed by atoms with E-state index >= 15 is 0 Å². The predicted octanol–water partition coefficient (Wildman–Crippen LogP) is 4.54. The fraction of sp³-hybridized carbons (Fsp3) is 0.350. The van der Waals surface area contributed by atoms with Gasteiger partial charge in [-0.25, -0.2) is 0 Å². The smallest absolute Gasteiger partial charge is 0.292 e. The molecule has 3 rings (SSSR count). The molecule has 2 aromatic carbocycles. The van der Waals surface area contributed by atoms with Gasteiger partial charge in [0.1, 0.15) is 11.5 Å². The Hall–Kier alpha value is -2.47. The summed E-state index contributed by atoms with van der Waals surface area (Å²) in [5, 5.41) is 8.79. The largest absolute Gasteiger partial charge is 0.497 e. The lowest BCUT2D eigenvalue weighted by atomic mass is 9.75. The minimum Gasteiger partial charge on any atom is -0.497 e. The van der Waals surface area contributed by atoms with Crippen molar-refractivity contribution in [3.63, 3.8) is 0 Å². The van der Waals surface area contributed by atoms with Gasteiger partial charge in [-0.2, -0.15) is 0 Å². The highest BCUT2D eigenvalue weighted by molar-refractivity contribution is 5.54. The first-order chi connectivity index (χ1) is 10.9. The number of nitriles is 1. The lowest BCUT2D eigenvalue weighted by molar-refractivity contribution is 0.411. The van der Waals surface area contributed by atoms with Crippen LogP contribution < -0.4 is 9.47 Å². The molecule has 0 aromatic heterocycles. The molecule has 0 bridgehead atoms. The van der Waals surface area contributed by atoms with Gasteiger partial charge in [-0.3, -0.25) is 0 Å². The third-order valence-corrected chi connectivity index (χ3v) is 5.00. The van der Waals surface area contributed by atoms with Crippen LogP contribution in [0, 0.1) is 11.5 Å². The van der Waals surface area contributed by atoms with Crippen molar-refractivity contribution in [3.05, 3.63) is 59.2 Å². The zero-order valence-corrected chi connectivity index (χ0v) is 14.0. The number of rotatable bonds is 3. The molecule has 0 radical (unpaired) electrons. The summed E-state index contributed by atoms with van der Waals surface area (Å²) < 4.78 is 10.3. The number of hydrogen-bond donors (Lipinski definition) is 0. The van der Waals surface area contributed by atoms with Gasteiger partial charge < -0.3 is 9.47 Å². The number of fused-ring (bicyclic) bond motifs is 1. The van der Waals surface area contributed by atoms with E-state index in [0.717, 1.165) is 12.2 Å². The van der Waals surface area contributed by atoms with Gasteiger partial charge >= 0.3 is 0 Å². The highest BCUT2D eigenvalue weighted by atomic mass is 16.5. The second-order valence-corrected chi connectivity index (χ2v) is 7.02. The lowest BCUT2D eigenvalue weighted by Gasteiger charge is -2.28. The van der Waals surface area contributed by atoms with Crippen LogP contribution in [0.5, 0.6) is 11.5 Å². The quantitative estimate of drug-likeness (QED) is 0.782. The molecule has 23 heavy (non-hydrogen) atoms. The van der Waals surface area contributed by atoms with Gasteiger partial charge in [-0.05, 0) is 52.8 Å². The van der Waals surface area contributed by atoms with E-state index in [1.165, 1.54) is 16.7 Å². The van der Waals surface area contributed by atoms with Gasteiger partial charge in [-0.15, -0.1) is 5.26 Å². The summed E-state index contributed by atoms with van der Waals surface area (Å²) in [6.07, 6.45) is 2.77. The molecule has 1 aliphatic carbocycles. The molecule has 0 N–H and O–H groups in total. The molecule has 0 fully saturated rings. The monoisotopic (exact) mass is 307 g/mol. The summed E-state index contributed by atoms with van der Waals surface area (Å²) in [5.41, 5.74) is 3.77. The normalized spacial score (nSPS) is 21.3. The lowest BCUT2D eigenvalue weighted by Crippen LogP contribution is -2.23. The fourth-order valence-corrected chi connectivity index (χ4v) is 3.98. The summed E-state index contributed by atoms with van der Waals surface area (Å²) in [4.78, 5) is 0. The molecule has 118 valence electrons. The number of benzene rings is 2. The maximum Gasteiger partial charge on any atom is 0.292 e. The molecule has 2 aromatic rings. The number of methoxy groups -OCH3 is 1. The van der Waals surface area contributed by atoms with Crippen molar-refractivity contribution in [2.24, 2.45) is 0 Å². The zero-order valence-electron chi connectivity index (χ0n) is 14.0. The van der Waals surface area contributed by atoms with E-state index < -0.39 is 0 Å². The Bertz CT molecular complexity index is 771. The van der Waals surface area contributed by atoms with Crippen molar-refractivity contribution in [3.8, 4) is 17.8 Å². The van der Waals surface area contributed by atoms with E-state index in [1.807, 2.05) is 24.3 Å². The molecule has 0 saturated heterocycles. The minimum atomic E-state index is -0.111. The maximum atomic E-state index is 8.79. The first-order valence-corrected chi connectivity index (χ1v) is 7.76. The maximum absolute atomic E-state index is 8.79. The van der Waals surface area contributed by atoms with Gasteiger partial charge in [0.15, 0.2) is 0 Å². The van der Waals surface area contributed by atoms with Crippen LogP contribution in [0.25, 0.3) is 0 Å². The van der Waals surface area contributed by atoms with Crippen LogP contribution in [0.2, 0.25) is 0 Å². The van der Waals surface area contributed by atoms with Crippen LogP contribution in [0.1, 0.15) is 43.9 Å². The summed E-state index contributed by atoms with van der Waals surface area (Å²) in [6, 6.07) is 14.2. The fourth-order valence-electron chi connectivity index (χ4n) is 3.98. The third-order valence-electron chi connectivity index (χ3n) is 5.00. The van der Waals surface area contributed by atoms with Crippen LogP contribution in [0.3, 0.4) is 0 Å². The van der Waals surface area contributed by atoms with Gasteiger partial charge in [0.25, 0.3) is 6.26 Å². The van der Waals surface area contributed by atoms with Crippen LogP contribution in [0.15, 0.2) is 42.5 Å². The van der Waals surface area contributed by atoms with Crippen molar-refractivity contribution in [2.45, 2.75) is 38.0 Å². The first kappa shape index (κ1) is 15.4. The van der Waals surface area contributed by atoms with Crippen LogP contribution >= 0.6 is 0 Å². The van der Waals surface area contributed by atoms with E-state index in [-0.39, 0.29) is 10.8 Å². The van der Waals surface area contributed by atoms with Crippen LogP contribution in [-0.2, 0) is 10.8 Å². The summed E-state index contributed by atoms with van der Waals surface area (Å²) in [6.45, 7) is 6.80. The van der Waals surface area contributed by atoms with Gasteiger partial charge in [0.05, 0.1) is 7.11 Å². The Kier molecular flexibility index (Phi) is 3.56. The summed E-state index contributed by atoms with van der Waals surface area (Å²) in [7, 11) is 1.68. The van der Waals surface area contributed by atoms with E-state index in [9.17, 15) is 0 Å². The molecule has 1 unspecified atom stereocenters. The van der Waals surface area contributed by atoms with Crippen molar-refractivity contribution in [1.82, 2.24) is 0 Å². The summed E-state index contributed by atoms with van der Waals surface area (Å²) >= 11 is 0. The van der Waals surface area contributed by atoms with Gasteiger partial charge in [0, 0.05) is 5.41 Å². The van der Waals surface area contributed by atoms with Crippen molar-refractivity contribution in [1.29, 1.82) is 5.26 Å². The topological polar surface area (TPSA) is 42.2 Å². The minimum absolute atomic E-state index is 0.0786. The van der Waals surface area contributed by atoms with Crippen molar-refractivity contribution in [2.75, 3.05) is 7.11 Å². The van der Waals surface area contributed by atoms with Gasteiger partial charge in [0.2, 0.25) is 0 Å². The molecule has 0 heterocycles. The zero-order chi connectivity index (χ0) is 16.7. The molecule has 1 aliphatic rings. The Morgan fingerprint density at radius 2 is 1.61 bits per heavy atom. The summed E-state index contributed by atoms with van der Waals surface area (Å²) in [5.74, 6) is 1.46. The van der Waals surface area contributed by atoms with Crippen LogP contribution in [-0.4, -0.2) is 7.11 Å². The van der Waals surface area contributed by atoms with Gasteiger partial charge in [-0.1, -0.05) is 39.0 Å².